The van der Waals surface area contributed by atoms with E-state index in [2.05, 4.69) is 10.1 Å². The van der Waals surface area contributed by atoms with Crippen molar-refractivity contribution in [1.29, 1.82) is 0 Å². The van der Waals surface area contributed by atoms with Gasteiger partial charge < -0.3 is 10.8 Å². The molecule has 0 fully saturated rings. The van der Waals surface area contributed by atoms with Crippen molar-refractivity contribution in [2.75, 3.05) is 0 Å². The fraction of sp³-hybridized carbons (Fsp3) is 0.333. The summed E-state index contributed by atoms with van der Waals surface area (Å²) in [5.74, 6) is -1.77. The number of hydrogen-bond acceptors (Lipinski definition) is 5. The van der Waals surface area contributed by atoms with Crippen molar-refractivity contribution in [3.05, 3.63) is 0 Å². The van der Waals surface area contributed by atoms with Gasteiger partial charge in [0.2, 0.25) is 0 Å². The third-order valence-electron chi connectivity index (χ3n) is 0.807. The van der Waals surface area contributed by atoms with Gasteiger partial charge in [0.05, 0.1) is 0 Å². The molecule has 5 N–H and O–H groups in total. The van der Waals surface area contributed by atoms with Crippen LogP contribution in [0.25, 0.3) is 0 Å². The zero-order valence-electron chi connectivity index (χ0n) is 4.87. The largest absolute Gasteiger partial charge is 0.352 e. The summed E-state index contributed by atoms with van der Waals surface area (Å²) in [7, 11) is 0. The van der Waals surface area contributed by atoms with E-state index in [1.807, 2.05) is 10.8 Å². The topological polar surface area (TPSA) is 109 Å². The minimum absolute atomic E-state index is 0.882. The molecule has 0 aliphatic carbocycles. The van der Waals surface area contributed by atoms with Crippen molar-refractivity contribution >= 4 is 12.2 Å². The lowest BCUT2D eigenvalue weighted by molar-refractivity contribution is -0.0678. The normalized spacial score (nSPS) is 29.7. The third-order valence-corrected chi connectivity index (χ3v) is 0.807. The second-order valence-corrected chi connectivity index (χ2v) is 1.68. The minimum atomic E-state index is -1.77. The molecule has 0 aromatic rings. The summed E-state index contributed by atoms with van der Waals surface area (Å²) < 4.78 is 0. The van der Waals surface area contributed by atoms with Gasteiger partial charge in [-0.25, -0.2) is 4.79 Å². The number of carbonyl (C=O) groups is 1. The highest BCUT2D eigenvalue weighted by Crippen LogP contribution is 1.96. The number of rotatable bonds is 1. The van der Waals surface area contributed by atoms with E-state index in [0.717, 1.165) is 6.21 Å². The molecule has 1 atom stereocenters. The highest BCUT2D eigenvalue weighted by molar-refractivity contribution is 5.79. The lowest BCUT2D eigenvalue weighted by atomic mass is 10.5. The Bertz CT molecular complexity index is 181. The van der Waals surface area contributed by atoms with Crippen LogP contribution in [0, 0.1) is 0 Å². The number of aliphatic hydroxyl groups is 1. The van der Waals surface area contributed by atoms with E-state index in [9.17, 15) is 4.79 Å². The monoisotopic (exact) mass is 146 g/mol. The molecule has 7 heteroatoms. The molecule has 1 aliphatic heterocycles. The van der Waals surface area contributed by atoms with E-state index in [4.69, 9.17) is 10.8 Å². The lowest BCUT2D eigenvalue weighted by Gasteiger charge is -2.16. The fourth-order valence-corrected chi connectivity index (χ4v) is 0.471. The van der Waals surface area contributed by atoms with Gasteiger partial charge >= 0.3 is 6.03 Å². The number of carbonyl (C=O) groups excluding carboxylic acids is 1. The zero-order valence-corrected chi connectivity index (χ0v) is 4.87. The van der Waals surface area contributed by atoms with Crippen LogP contribution >= 0.6 is 0 Å². The summed E-state index contributed by atoms with van der Waals surface area (Å²) in [6, 6.07) is -0.882. The van der Waals surface area contributed by atoms with E-state index in [0.29, 0.717) is 0 Å². The summed E-state index contributed by atoms with van der Waals surface area (Å²) in [6.45, 7) is 0. The summed E-state index contributed by atoms with van der Waals surface area (Å²) in [4.78, 5) is 14.3. The maximum Gasteiger partial charge on any atom is 0.315 e. The molecule has 0 saturated heterocycles. The molecule has 1 rings (SSSR count). The Morgan fingerprint density at radius 1 is 2.00 bits per heavy atom. The smallest absolute Gasteiger partial charge is 0.315 e. The molecule has 0 saturated carbocycles. The van der Waals surface area contributed by atoms with Crippen LogP contribution in [0.15, 0.2) is 5.16 Å². The molecule has 0 aromatic carbocycles. The third kappa shape index (κ3) is 1.33. The van der Waals surface area contributed by atoms with Crippen LogP contribution in [0.5, 0.6) is 0 Å². The van der Waals surface area contributed by atoms with Gasteiger partial charge in [-0.2, -0.15) is 0 Å². The van der Waals surface area contributed by atoms with Gasteiger partial charge in [0, 0.05) is 0 Å². The summed E-state index contributed by atoms with van der Waals surface area (Å²) in [5.41, 5.74) is 6.68. The van der Waals surface area contributed by atoms with Gasteiger partial charge in [0.1, 0.15) is 6.21 Å². The van der Waals surface area contributed by atoms with Crippen LogP contribution in [-0.4, -0.2) is 23.2 Å². The second kappa shape index (κ2) is 2.12. The predicted octanol–water partition coefficient (Wildman–Crippen LogP) is -2.18. The molecular formula is C3H6N4O3. The van der Waals surface area contributed by atoms with E-state index in [1.165, 1.54) is 0 Å². The van der Waals surface area contributed by atoms with Crippen LogP contribution in [0.2, 0.25) is 0 Å². The van der Waals surface area contributed by atoms with Crippen molar-refractivity contribution in [2.45, 2.75) is 5.85 Å². The molecule has 7 nitrogen and oxygen atoms in total. The van der Waals surface area contributed by atoms with Gasteiger partial charge in [-0.15, -0.1) is 0 Å². The highest BCUT2D eigenvalue weighted by atomic mass is 16.8. The Kier molecular flexibility index (Phi) is 1.44. The summed E-state index contributed by atoms with van der Waals surface area (Å²) >= 11 is 0. The van der Waals surface area contributed by atoms with Crippen molar-refractivity contribution in [2.24, 2.45) is 10.9 Å². The second-order valence-electron chi connectivity index (χ2n) is 1.68. The first kappa shape index (κ1) is 6.78. The lowest BCUT2D eigenvalue weighted by Crippen LogP contribution is -2.58. The van der Waals surface area contributed by atoms with Gasteiger partial charge in [-0.3, -0.25) is 10.3 Å². The van der Waals surface area contributed by atoms with Gasteiger partial charge in [-0.05, 0) is 0 Å². The van der Waals surface area contributed by atoms with Crippen molar-refractivity contribution in [3.8, 4) is 0 Å². The van der Waals surface area contributed by atoms with Crippen molar-refractivity contribution in [3.63, 3.8) is 0 Å². The average Bonchev–Trinajstić information content (AvgIpc) is 2.12. The number of nitrogens with two attached hydrogens (primary N) is 1. The number of hydrogen-bond donors (Lipinski definition) is 4. The van der Waals surface area contributed by atoms with Crippen molar-refractivity contribution < 1.29 is 14.8 Å². The molecule has 0 bridgehead atoms. The number of oxime groups is 1. The molecule has 2 amide bonds. The molecule has 1 aliphatic rings. The molecule has 0 radical (unpaired) electrons. The van der Waals surface area contributed by atoms with Gasteiger partial charge in [-0.1, -0.05) is 10.6 Å². The van der Waals surface area contributed by atoms with Crippen LogP contribution in [-0.2, 0) is 4.94 Å². The number of hydroxylamine groups is 1. The Hall–Kier alpha value is -1.34. The van der Waals surface area contributed by atoms with Gasteiger partial charge in [0.15, 0.2) is 0 Å². The number of nitrogens with zero attached hydrogens (tertiary/aromatic N) is 1. The molecule has 56 valence electrons. The molecular weight excluding hydrogens is 140 g/mol. The average molecular weight is 146 g/mol. The van der Waals surface area contributed by atoms with Crippen LogP contribution < -0.4 is 16.5 Å². The van der Waals surface area contributed by atoms with E-state index in [-0.39, 0.29) is 0 Å². The predicted molar refractivity (Wildman–Crippen MR) is 30.4 cm³/mol. The van der Waals surface area contributed by atoms with Crippen molar-refractivity contribution in [1.82, 2.24) is 10.8 Å². The van der Waals surface area contributed by atoms with E-state index in [1.54, 1.807) is 0 Å². The van der Waals surface area contributed by atoms with E-state index < -0.39 is 11.9 Å². The van der Waals surface area contributed by atoms with Gasteiger partial charge in [0.25, 0.3) is 5.85 Å². The Balaban J connectivity index is 2.52. The summed E-state index contributed by atoms with van der Waals surface area (Å²) in [5, 5.41) is 14.1. The molecule has 1 heterocycles. The maximum atomic E-state index is 10.2. The highest BCUT2D eigenvalue weighted by Gasteiger charge is 2.30. The Morgan fingerprint density at radius 2 is 2.70 bits per heavy atom. The molecule has 0 spiro atoms. The molecule has 1 unspecified atom stereocenters. The number of amides is 2. The minimum Gasteiger partial charge on any atom is -0.352 e. The van der Waals surface area contributed by atoms with Crippen LogP contribution in [0.1, 0.15) is 0 Å². The number of primary amides is 1. The number of nitrogens with one attached hydrogen (secondary N) is 2. The first-order valence-corrected chi connectivity index (χ1v) is 2.40. The Labute approximate surface area is 55.8 Å². The summed E-state index contributed by atoms with van der Waals surface area (Å²) in [6.07, 6.45) is 0.956. The quantitative estimate of drug-likeness (QED) is 0.315. The zero-order chi connectivity index (χ0) is 7.61. The number of urea groups is 1. The first-order valence-electron chi connectivity index (χ1n) is 2.40. The van der Waals surface area contributed by atoms with E-state index >= 15 is 0 Å². The standard InChI is InChI=1S/C3H6N4O3/c4-2(8)6-3(9)1-5-10-7-3/h1,7,9H,(H3,4,6,8). The first-order chi connectivity index (χ1) is 4.62. The molecule has 0 aromatic heterocycles. The molecule has 10 heavy (non-hydrogen) atoms. The fourth-order valence-electron chi connectivity index (χ4n) is 0.471. The Morgan fingerprint density at radius 3 is 3.10 bits per heavy atom. The van der Waals surface area contributed by atoms with Crippen LogP contribution in [0.3, 0.4) is 0 Å². The van der Waals surface area contributed by atoms with Crippen LogP contribution in [0.4, 0.5) is 4.79 Å². The SMILES string of the molecule is NC(=O)NC1(O)C=NON1. The maximum absolute atomic E-state index is 10.2.